The van der Waals surface area contributed by atoms with Crippen LogP contribution < -0.4 is 10.5 Å². The summed E-state index contributed by atoms with van der Waals surface area (Å²) in [5, 5.41) is 7.64. The third-order valence-corrected chi connectivity index (χ3v) is 1.85. The maximum atomic E-state index is 5.87. The highest BCUT2D eigenvalue weighted by Gasteiger charge is 2.16. The van der Waals surface area contributed by atoms with Gasteiger partial charge in [-0.1, -0.05) is 20.8 Å². The number of methoxy groups -OCH3 is 1. The summed E-state index contributed by atoms with van der Waals surface area (Å²) >= 11 is 0. The van der Waals surface area contributed by atoms with Gasteiger partial charge in [0.1, 0.15) is 5.69 Å². The van der Waals surface area contributed by atoms with E-state index in [0.717, 1.165) is 12.0 Å². The molecule has 0 saturated carbocycles. The van der Waals surface area contributed by atoms with Crippen molar-refractivity contribution in [1.82, 2.24) is 10.2 Å². The molecule has 0 atom stereocenters. The molecule has 0 radical (unpaired) electrons. The smallest absolute Gasteiger partial charge is 0.256 e. The lowest BCUT2D eigenvalue weighted by Gasteiger charge is -2.19. The van der Waals surface area contributed by atoms with Crippen LogP contribution in [0.25, 0.3) is 0 Å². The van der Waals surface area contributed by atoms with E-state index < -0.39 is 0 Å². The molecule has 14 heavy (non-hydrogen) atoms. The molecule has 0 amide bonds. The van der Waals surface area contributed by atoms with Crippen molar-refractivity contribution in [3.8, 4) is 5.88 Å². The van der Waals surface area contributed by atoms with Crippen molar-refractivity contribution in [3.05, 3.63) is 11.8 Å². The first-order valence-electron chi connectivity index (χ1n) is 4.58. The summed E-state index contributed by atoms with van der Waals surface area (Å²) in [6, 6.07) is 0. The van der Waals surface area contributed by atoms with Crippen LogP contribution in [0.15, 0.2) is 6.20 Å². The van der Waals surface area contributed by atoms with Gasteiger partial charge in [-0.3, -0.25) is 0 Å². The number of hydrogen-bond donors (Lipinski definition) is 1. The van der Waals surface area contributed by atoms with Crippen molar-refractivity contribution in [2.24, 2.45) is 5.41 Å². The second-order valence-electron chi connectivity index (χ2n) is 4.53. The van der Waals surface area contributed by atoms with E-state index in [4.69, 9.17) is 10.5 Å². The number of nitrogens with two attached hydrogens (primary N) is 1. The van der Waals surface area contributed by atoms with E-state index >= 15 is 0 Å². The minimum absolute atomic E-state index is 0.183. The Morgan fingerprint density at radius 2 is 2.07 bits per heavy atom. The molecule has 0 spiro atoms. The van der Waals surface area contributed by atoms with Crippen molar-refractivity contribution >= 4 is 5.69 Å². The van der Waals surface area contributed by atoms with E-state index in [0.29, 0.717) is 11.6 Å². The molecule has 0 aliphatic heterocycles. The molecular weight excluding hydrogens is 178 g/mol. The Bertz CT molecular complexity index is 318. The van der Waals surface area contributed by atoms with E-state index in [1.54, 1.807) is 13.3 Å². The van der Waals surface area contributed by atoms with Gasteiger partial charge < -0.3 is 10.5 Å². The zero-order valence-corrected chi connectivity index (χ0v) is 9.16. The average Bonchev–Trinajstić information content (AvgIpc) is 2.06. The Labute approximate surface area is 84.5 Å². The molecule has 0 aliphatic rings. The molecule has 0 saturated heterocycles. The number of nitrogens with zero attached hydrogens (tertiary/aromatic N) is 2. The number of anilines is 1. The lowest BCUT2D eigenvalue weighted by atomic mass is 9.88. The molecule has 4 nitrogen and oxygen atoms in total. The molecule has 0 fully saturated rings. The average molecular weight is 195 g/mol. The number of rotatable bonds is 2. The van der Waals surface area contributed by atoms with Gasteiger partial charge in [-0.05, 0) is 11.8 Å². The van der Waals surface area contributed by atoms with Crippen LogP contribution in [-0.4, -0.2) is 17.3 Å². The summed E-state index contributed by atoms with van der Waals surface area (Å²) in [5.74, 6) is 0.409. The quantitative estimate of drug-likeness (QED) is 0.779. The van der Waals surface area contributed by atoms with Gasteiger partial charge in [0.05, 0.1) is 13.3 Å². The van der Waals surface area contributed by atoms with Crippen LogP contribution >= 0.6 is 0 Å². The van der Waals surface area contributed by atoms with Gasteiger partial charge in [-0.2, -0.15) is 5.10 Å². The van der Waals surface area contributed by atoms with Gasteiger partial charge in [0, 0.05) is 5.56 Å². The van der Waals surface area contributed by atoms with Crippen molar-refractivity contribution in [3.63, 3.8) is 0 Å². The highest BCUT2D eigenvalue weighted by molar-refractivity contribution is 5.53. The molecule has 78 valence electrons. The van der Waals surface area contributed by atoms with E-state index in [1.165, 1.54) is 0 Å². The minimum Gasteiger partial charge on any atom is -0.478 e. The van der Waals surface area contributed by atoms with Gasteiger partial charge in [-0.25, -0.2) is 0 Å². The lowest BCUT2D eigenvalue weighted by molar-refractivity contribution is 0.387. The zero-order valence-electron chi connectivity index (χ0n) is 9.16. The van der Waals surface area contributed by atoms with E-state index in [1.807, 2.05) is 0 Å². The first-order chi connectivity index (χ1) is 6.44. The summed E-state index contributed by atoms with van der Waals surface area (Å²) in [7, 11) is 1.54. The van der Waals surface area contributed by atoms with Gasteiger partial charge in [0.25, 0.3) is 5.88 Å². The fourth-order valence-electron chi connectivity index (χ4n) is 1.27. The highest BCUT2D eigenvalue weighted by atomic mass is 16.5. The second kappa shape index (κ2) is 3.82. The van der Waals surface area contributed by atoms with Crippen LogP contribution in [0.3, 0.4) is 0 Å². The molecule has 0 aliphatic carbocycles. The summed E-state index contributed by atoms with van der Waals surface area (Å²) in [6.07, 6.45) is 2.56. The van der Waals surface area contributed by atoms with Crippen LogP contribution in [0.1, 0.15) is 26.3 Å². The van der Waals surface area contributed by atoms with Gasteiger partial charge in [0.2, 0.25) is 0 Å². The maximum Gasteiger partial charge on any atom is 0.256 e. The summed E-state index contributed by atoms with van der Waals surface area (Å²) in [5.41, 5.74) is 7.64. The Hall–Kier alpha value is -1.32. The highest BCUT2D eigenvalue weighted by Crippen LogP contribution is 2.27. The molecule has 1 heterocycles. The Morgan fingerprint density at radius 3 is 2.57 bits per heavy atom. The lowest BCUT2D eigenvalue weighted by Crippen LogP contribution is -2.12. The Kier molecular flexibility index (Phi) is 2.93. The molecule has 0 aromatic carbocycles. The molecular formula is C10H17N3O. The van der Waals surface area contributed by atoms with Crippen LogP contribution in [0.4, 0.5) is 5.69 Å². The monoisotopic (exact) mass is 195 g/mol. The summed E-state index contributed by atoms with van der Waals surface area (Å²) in [4.78, 5) is 0. The largest absolute Gasteiger partial charge is 0.478 e. The first kappa shape index (κ1) is 10.8. The molecule has 4 heteroatoms. The van der Waals surface area contributed by atoms with E-state index in [-0.39, 0.29) is 5.41 Å². The van der Waals surface area contributed by atoms with Gasteiger partial charge in [0.15, 0.2) is 0 Å². The second-order valence-corrected chi connectivity index (χ2v) is 4.53. The SMILES string of the molecule is COc1nncc(CC(C)(C)C)c1N. The number of nitrogen functional groups attached to an aromatic ring is 1. The molecule has 0 unspecified atom stereocenters. The van der Waals surface area contributed by atoms with Gasteiger partial charge in [-0.15, -0.1) is 5.10 Å². The normalized spacial score (nSPS) is 11.4. The molecule has 2 N–H and O–H groups in total. The molecule has 1 rings (SSSR count). The van der Waals surface area contributed by atoms with Crippen LogP contribution in [-0.2, 0) is 6.42 Å². The number of hydrogen-bond acceptors (Lipinski definition) is 4. The summed E-state index contributed by atoms with van der Waals surface area (Å²) in [6.45, 7) is 6.46. The molecule has 1 aromatic heterocycles. The Balaban J connectivity index is 2.98. The standard InChI is InChI=1S/C10H17N3O/c1-10(2,3)5-7-6-12-13-9(14-4)8(7)11/h6H,5H2,1-4H3,(H2,11,12). The first-order valence-corrected chi connectivity index (χ1v) is 4.58. The third-order valence-electron chi connectivity index (χ3n) is 1.85. The topological polar surface area (TPSA) is 61.0 Å². The van der Waals surface area contributed by atoms with Crippen molar-refractivity contribution < 1.29 is 4.74 Å². The van der Waals surface area contributed by atoms with Crippen LogP contribution in [0, 0.1) is 5.41 Å². The van der Waals surface area contributed by atoms with E-state index in [9.17, 15) is 0 Å². The minimum atomic E-state index is 0.183. The molecule has 1 aromatic rings. The maximum absolute atomic E-state index is 5.87. The third kappa shape index (κ3) is 2.58. The van der Waals surface area contributed by atoms with Crippen molar-refractivity contribution in [1.29, 1.82) is 0 Å². The Morgan fingerprint density at radius 1 is 1.43 bits per heavy atom. The predicted octanol–water partition coefficient (Wildman–Crippen LogP) is 1.66. The fraction of sp³-hybridized carbons (Fsp3) is 0.600. The zero-order chi connectivity index (χ0) is 10.8. The molecule has 0 bridgehead atoms. The van der Waals surface area contributed by atoms with Gasteiger partial charge >= 0.3 is 0 Å². The number of aromatic nitrogens is 2. The fourth-order valence-corrected chi connectivity index (χ4v) is 1.27. The number of ether oxygens (including phenoxy) is 1. The predicted molar refractivity (Wildman–Crippen MR) is 56.2 cm³/mol. The van der Waals surface area contributed by atoms with Crippen LogP contribution in [0.5, 0.6) is 5.88 Å². The van der Waals surface area contributed by atoms with Crippen molar-refractivity contribution in [2.45, 2.75) is 27.2 Å². The van der Waals surface area contributed by atoms with Crippen molar-refractivity contribution in [2.75, 3.05) is 12.8 Å². The van der Waals surface area contributed by atoms with Crippen LogP contribution in [0.2, 0.25) is 0 Å². The summed E-state index contributed by atoms with van der Waals surface area (Å²) < 4.78 is 5.00. The van der Waals surface area contributed by atoms with E-state index in [2.05, 4.69) is 31.0 Å².